The standard InChI is InChI=1S/C26H34F2O4/c1-8-17(21(27)10-9-16(2)23(28)24(29)30)18-13-19-20(14-22(18)32-15-31-7)26(5,6)12-11-25(19,3)4/h9-10,13-14H,8,11-12,15H2,1-7H3,(H,29,30)/b10-9+,21-17+,23-16-. The minimum Gasteiger partial charge on any atom is -0.476 e. The van der Waals surface area contributed by atoms with Crippen LogP contribution in [0.15, 0.2) is 41.5 Å². The third kappa shape index (κ3) is 5.47. The summed E-state index contributed by atoms with van der Waals surface area (Å²) in [6.07, 6.45) is 4.65. The fraction of sp³-hybridized carbons (Fsp3) is 0.500. The number of hydrogen-bond donors (Lipinski definition) is 1. The van der Waals surface area contributed by atoms with Gasteiger partial charge in [-0.15, -0.1) is 0 Å². The molecule has 0 spiro atoms. The first-order valence-electron chi connectivity index (χ1n) is 10.8. The molecule has 0 fully saturated rings. The van der Waals surface area contributed by atoms with Crippen molar-refractivity contribution in [2.45, 2.75) is 71.6 Å². The molecule has 0 radical (unpaired) electrons. The predicted octanol–water partition coefficient (Wildman–Crippen LogP) is 6.99. The van der Waals surface area contributed by atoms with Crippen LogP contribution < -0.4 is 4.74 Å². The quantitative estimate of drug-likeness (QED) is 0.264. The summed E-state index contributed by atoms with van der Waals surface area (Å²) in [6.45, 7) is 11.9. The maximum Gasteiger partial charge on any atom is 0.365 e. The Labute approximate surface area is 189 Å². The number of benzene rings is 1. The lowest BCUT2D eigenvalue weighted by Gasteiger charge is -2.42. The normalized spacial score (nSPS) is 18.7. The highest BCUT2D eigenvalue weighted by atomic mass is 19.1. The van der Waals surface area contributed by atoms with Gasteiger partial charge < -0.3 is 14.6 Å². The van der Waals surface area contributed by atoms with E-state index in [1.807, 2.05) is 19.1 Å². The Morgan fingerprint density at radius 1 is 1.09 bits per heavy atom. The van der Waals surface area contributed by atoms with E-state index < -0.39 is 17.6 Å². The molecule has 1 aliphatic rings. The molecule has 1 N–H and O–H groups in total. The van der Waals surface area contributed by atoms with Crippen molar-refractivity contribution in [3.05, 3.63) is 58.2 Å². The van der Waals surface area contributed by atoms with Crippen molar-refractivity contribution in [3.8, 4) is 5.75 Å². The van der Waals surface area contributed by atoms with Gasteiger partial charge in [0, 0.05) is 12.7 Å². The number of aliphatic carboxylic acids is 1. The van der Waals surface area contributed by atoms with Crippen LogP contribution in [-0.2, 0) is 20.4 Å². The summed E-state index contributed by atoms with van der Waals surface area (Å²) >= 11 is 0. The summed E-state index contributed by atoms with van der Waals surface area (Å²) in [5.41, 5.74) is 3.08. The number of halogens is 2. The molecule has 1 aromatic carbocycles. The third-order valence-corrected chi connectivity index (χ3v) is 6.27. The molecule has 0 amide bonds. The second-order valence-corrected chi connectivity index (χ2v) is 9.53. The van der Waals surface area contributed by atoms with Crippen molar-refractivity contribution in [3.63, 3.8) is 0 Å². The second kappa shape index (κ2) is 9.99. The molecule has 176 valence electrons. The van der Waals surface area contributed by atoms with Crippen molar-refractivity contribution in [2.24, 2.45) is 0 Å². The lowest BCUT2D eigenvalue weighted by Crippen LogP contribution is -2.34. The molecule has 2 rings (SSSR count). The van der Waals surface area contributed by atoms with Crippen molar-refractivity contribution < 1.29 is 28.2 Å². The lowest BCUT2D eigenvalue weighted by atomic mass is 9.62. The Balaban J connectivity index is 2.70. The van der Waals surface area contributed by atoms with Gasteiger partial charge in [-0.25, -0.2) is 9.18 Å². The number of rotatable bonds is 8. The average molecular weight is 449 g/mol. The van der Waals surface area contributed by atoms with Gasteiger partial charge in [0.25, 0.3) is 0 Å². The molecule has 0 aliphatic heterocycles. The number of methoxy groups -OCH3 is 1. The highest BCUT2D eigenvalue weighted by Crippen LogP contribution is 2.49. The minimum atomic E-state index is -1.68. The number of allylic oxidation sites excluding steroid dienone is 5. The molecule has 0 saturated heterocycles. The summed E-state index contributed by atoms with van der Waals surface area (Å²) in [6, 6.07) is 4.00. The number of carboxylic acid groups (broad SMARTS) is 1. The Bertz CT molecular complexity index is 968. The van der Waals surface area contributed by atoms with E-state index in [2.05, 4.69) is 27.7 Å². The molecule has 32 heavy (non-hydrogen) atoms. The van der Waals surface area contributed by atoms with Crippen molar-refractivity contribution in [2.75, 3.05) is 13.9 Å². The number of ether oxygens (including phenoxy) is 2. The fourth-order valence-corrected chi connectivity index (χ4v) is 4.10. The van der Waals surface area contributed by atoms with Gasteiger partial charge in [-0.05, 0) is 77.5 Å². The zero-order valence-corrected chi connectivity index (χ0v) is 20.1. The first kappa shape index (κ1) is 25.8. The molecule has 0 heterocycles. The molecule has 0 atom stereocenters. The van der Waals surface area contributed by atoms with Crippen LogP contribution >= 0.6 is 0 Å². The fourth-order valence-electron chi connectivity index (χ4n) is 4.10. The van der Waals surface area contributed by atoms with E-state index in [4.69, 9.17) is 14.6 Å². The smallest absolute Gasteiger partial charge is 0.365 e. The zero-order chi connectivity index (χ0) is 24.3. The lowest BCUT2D eigenvalue weighted by molar-refractivity contribution is -0.134. The summed E-state index contributed by atoms with van der Waals surface area (Å²) in [5.74, 6) is -3.03. The van der Waals surface area contributed by atoms with E-state index in [-0.39, 0.29) is 23.2 Å². The SMILES string of the molecule is CC/C(=C(F)/C=C/C(C)=C(\F)C(=O)O)c1cc2c(cc1OCOC)C(C)(C)CCC2(C)C. The summed E-state index contributed by atoms with van der Waals surface area (Å²) < 4.78 is 39.8. The van der Waals surface area contributed by atoms with E-state index in [9.17, 15) is 9.18 Å². The van der Waals surface area contributed by atoms with Gasteiger partial charge >= 0.3 is 5.97 Å². The first-order chi connectivity index (χ1) is 14.9. The molecule has 0 aromatic heterocycles. The van der Waals surface area contributed by atoms with Crippen molar-refractivity contribution in [1.82, 2.24) is 0 Å². The van der Waals surface area contributed by atoms with Crippen LogP contribution in [0.4, 0.5) is 8.78 Å². The maximum absolute atomic E-state index is 15.3. The van der Waals surface area contributed by atoms with Gasteiger partial charge in [0.05, 0.1) is 0 Å². The van der Waals surface area contributed by atoms with Crippen LogP contribution in [0.25, 0.3) is 5.57 Å². The summed E-state index contributed by atoms with van der Waals surface area (Å²) in [5, 5.41) is 8.77. The van der Waals surface area contributed by atoms with Gasteiger partial charge in [-0.1, -0.05) is 40.7 Å². The summed E-state index contributed by atoms with van der Waals surface area (Å²) in [4.78, 5) is 10.8. The monoisotopic (exact) mass is 448 g/mol. The van der Waals surface area contributed by atoms with Gasteiger partial charge in [0.15, 0.2) is 6.79 Å². The molecule has 0 bridgehead atoms. The third-order valence-electron chi connectivity index (χ3n) is 6.27. The molecule has 1 aromatic rings. The molecule has 0 unspecified atom stereocenters. The molecule has 1 aliphatic carbocycles. The van der Waals surface area contributed by atoms with E-state index in [0.29, 0.717) is 23.3 Å². The molecule has 4 nitrogen and oxygen atoms in total. The molecule has 0 saturated carbocycles. The Morgan fingerprint density at radius 3 is 2.16 bits per heavy atom. The number of carboxylic acids is 1. The van der Waals surface area contributed by atoms with Crippen LogP contribution in [0.3, 0.4) is 0 Å². The highest BCUT2D eigenvalue weighted by Gasteiger charge is 2.38. The van der Waals surface area contributed by atoms with Crippen LogP contribution in [0.5, 0.6) is 5.75 Å². The van der Waals surface area contributed by atoms with E-state index >= 15 is 4.39 Å². The number of hydrogen-bond acceptors (Lipinski definition) is 3. The molecular formula is C26H34F2O4. The molecular weight excluding hydrogens is 414 g/mol. The van der Waals surface area contributed by atoms with Crippen LogP contribution in [-0.4, -0.2) is 25.0 Å². The number of fused-ring (bicyclic) bond motifs is 1. The van der Waals surface area contributed by atoms with Crippen LogP contribution in [0.2, 0.25) is 0 Å². The highest BCUT2D eigenvalue weighted by molar-refractivity contribution is 5.85. The average Bonchev–Trinajstić information content (AvgIpc) is 2.73. The maximum atomic E-state index is 15.3. The predicted molar refractivity (Wildman–Crippen MR) is 123 cm³/mol. The second-order valence-electron chi connectivity index (χ2n) is 9.53. The zero-order valence-electron chi connectivity index (χ0n) is 20.1. The van der Waals surface area contributed by atoms with Crippen LogP contribution in [0, 0.1) is 0 Å². The van der Waals surface area contributed by atoms with Gasteiger partial charge in [0.1, 0.15) is 11.6 Å². The van der Waals surface area contributed by atoms with Crippen molar-refractivity contribution in [1.29, 1.82) is 0 Å². The first-order valence-corrected chi connectivity index (χ1v) is 10.8. The van der Waals surface area contributed by atoms with Gasteiger partial charge in [0.2, 0.25) is 5.83 Å². The summed E-state index contributed by atoms with van der Waals surface area (Å²) in [7, 11) is 1.52. The minimum absolute atomic E-state index is 0.0235. The van der Waals surface area contributed by atoms with E-state index in [1.165, 1.54) is 19.6 Å². The van der Waals surface area contributed by atoms with Crippen LogP contribution in [0.1, 0.15) is 77.5 Å². The number of carbonyl (C=O) groups is 1. The Morgan fingerprint density at radius 2 is 1.66 bits per heavy atom. The molecule has 6 heteroatoms. The Kier molecular flexibility index (Phi) is 8.05. The van der Waals surface area contributed by atoms with Gasteiger partial charge in [-0.3, -0.25) is 0 Å². The largest absolute Gasteiger partial charge is 0.476 e. The Hall–Kier alpha value is -2.47. The van der Waals surface area contributed by atoms with E-state index in [0.717, 1.165) is 30.6 Å². The van der Waals surface area contributed by atoms with Gasteiger partial charge in [-0.2, -0.15) is 4.39 Å². The van der Waals surface area contributed by atoms with E-state index in [1.54, 1.807) is 0 Å². The van der Waals surface area contributed by atoms with Crippen molar-refractivity contribution >= 4 is 11.5 Å². The topological polar surface area (TPSA) is 55.8 Å².